The number of aromatic nitrogens is 2. The Bertz CT molecular complexity index is 997. The summed E-state index contributed by atoms with van der Waals surface area (Å²) in [6.07, 6.45) is 0.921. The van der Waals surface area contributed by atoms with E-state index in [1.807, 2.05) is 0 Å². The monoisotopic (exact) mass is 417 g/mol. The second-order valence-corrected chi connectivity index (χ2v) is 8.39. The molecular formula is C22H22F3N3O2. The average molecular weight is 417 g/mol. The van der Waals surface area contributed by atoms with Crippen molar-refractivity contribution < 1.29 is 22.8 Å². The summed E-state index contributed by atoms with van der Waals surface area (Å²) in [6.45, 7) is 2.00. The quantitative estimate of drug-likeness (QED) is 0.694. The number of aryl methyl sites for hydroxylation is 1. The largest absolute Gasteiger partial charge is 0.296 e. The Morgan fingerprint density at radius 3 is 2.80 bits per heavy atom. The lowest BCUT2D eigenvalue weighted by Crippen LogP contribution is -2.45. The van der Waals surface area contributed by atoms with E-state index in [9.17, 15) is 22.8 Å². The molecule has 2 atom stereocenters. The topological polar surface area (TPSA) is 63.2 Å². The first-order valence-corrected chi connectivity index (χ1v) is 9.96. The third kappa shape index (κ3) is 3.95. The van der Waals surface area contributed by atoms with Gasteiger partial charge >= 0.3 is 0 Å². The summed E-state index contributed by atoms with van der Waals surface area (Å²) in [6, 6.07) is 6.82. The molecule has 1 spiro atoms. The molecule has 1 aliphatic heterocycles. The predicted octanol–water partition coefficient (Wildman–Crippen LogP) is 4.36. The zero-order chi connectivity index (χ0) is 21.5. The van der Waals surface area contributed by atoms with Crippen molar-refractivity contribution in [3.8, 4) is 0 Å². The van der Waals surface area contributed by atoms with Crippen LogP contribution in [0.5, 0.6) is 0 Å². The molecule has 1 aliphatic carbocycles. The van der Waals surface area contributed by atoms with Crippen LogP contribution < -0.4 is 4.90 Å². The number of ketones is 1. The first-order chi connectivity index (χ1) is 14.2. The summed E-state index contributed by atoms with van der Waals surface area (Å²) in [5, 5.41) is 0. The number of hydrogen-bond acceptors (Lipinski definition) is 4. The number of halogens is 3. The summed E-state index contributed by atoms with van der Waals surface area (Å²) in [5.74, 6) is -4.10. The van der Waals surface area contributed by atoms with Gasteiger partial charge in [0.05, 0.1) is 5.41 Å². The fourth-order valence-electron chi connectivity index (χ4n) is 4.86. The zero-order valence-electron chi connectivity index (χ0n) is 16.6. The molecule has 1 saturated carbocycles. The molecule has 8 heteroatoms. The maximum atomic E-state index is 14.7. The first kappa shape index (κ1) is 20.5. The van der Waals surface area contributed by atoms with Crippen LogP contribution in [-0.4, -0.2) is 34.1 Å². The Hall–Kier alpha value is -2.77. The van der Waals surface area contributed by atoms with Crippen molar-refractivity contribution in [1.29, 1.82) is 0 Å². The smallest absolute Gasteiger partial charge is 0.249 e. The molecule has 1 aromatic heterocycles. The van der Waals surface area contributed by atoms with Crippen LogP contribution in [0.4, 0.5) is 19.0 Å². The lowest BCUT2D eigenvalue weighted by atomic mass is 9.66. The van der Waals surface area contributed by atoms with Gasteiger partial charge in [-0.05, 0) is 43.9 Å². The summed E-state index contributed by atoms with van der Waals surface area (Å²) < 4.78 is 42.8. The zero-order valence-corrected chi connectivity index (χ0v) is 16.6. The highest BCUT2D eigenvalue weighted by Gasteiger charge is 2.57. The molecule has 0 bridgehead atoms. The lowest BCUT2D eigenvalue weighted by molar-refractivity contribution is -0.143. The van der Waals surface area contributed by atoms with E-state index >= 15 is 0 Å². The number of rotatable bonds is 4. The fourth-order valence-corrected chi connectivity index (χ4v) is 4.86. The Kier molecular flexibility index (Phi) is 5.11. The fraction of sp³-hybridized carbons (Fsp3) is 0.455. The maximum Gasteiger partial charge on any atom is 0.249 e. The minimum absolute atomic E-state index is 0.138. The van der Waals surface area contributed by atoms with Crippen molar-refractivity contribution in [2.75, 3.05) is 11.4 Å². The van der Waals surface area contributed by atoms with E-state index in [4.69, 9.17) is 0 Å². The van der Waals surface area contributed by atoms with Gasteiger partial charge in [-0.2, -0.15) is 0 Å². The van der Waals surface area contributed by atoms with Gasteiger partial charge < -0.3 is 0 Å². The van der Waals surface area contributed by atoms with Gasteiger partial charge in [0.15, 0.2) is 5.78 Å². The van der Waals surface area contributed by atoms with Gasteiger partial charge in [0, 0.05) is 37.6 Å². The van der Waals surface area contributed by atoms with Crippen LogP contribution in [0.15, 0.2) is 36.5 Å². The van der Waals surface area contributed by atoms with Gasteiger partial charge in [0.1, 0.15) is 17.5 Å². The van der Waals surface area contributed by atoms with Crippen LogP contribution in [0.1, 0.15) is 48.3 Å². The third-order valence-electron chi connectivity index (χ3n) is 6.04. The molecule has 158 valence electrons. The molecule has 0 N–H and O–H groups in total. The van der Waals surface area contributed by atoms with Crippen LogP contribution in [0, 0.1) is 24.1 Å². The second kappa shape index (κ2) is 7.49. The van der Waals surface area contributed by atoms with E-state index < -0.39 is 35.9 Å². The molecule has 1 amide bonds. The number of nitrogens with zero attached hydrogens (tertiary/aromatic N) is 3. The van der Waals surface area contributed by atoms with Crippen LogP contribution in [0.2, 0.25) is 0 Å². The molecular weight excluding hydrogens is 395 g/mol. The Morgan fingerprint density at radius 1 is 1.27 bits per heavy atom. The number of amides is 1. The van der Waals surface area contributed by atoms with Crippen molar-refractivity contribution in [3.05, 3.63) is 53.7 Å². The average Bonchev–Trinajstić information content (AvgIpc) is 2.95. The molecule has 2 fully saturated rings. The SMILES string of the molecule is Cc1nccc(N2CC[C@]3(C[C@H](CC(=O)c4cccc(F)c4)CC(F)(F)C3)C2=O)n1. The molecule has 2 aromatic rings. The summed E-state index contributed by atoms with van der Waals surface area (Å²) >= 11 is 0. The van der Waals surface area contributed by atoms with Crippen LogP contribution in [-0.2, 0) is 4.79 Å². The standard InChI is InChI=1S/C22H22F3N3O2/c1-14-26-7-5-19(27-14)28-8-6-21(20(28)30)11-15(12-22(24,25)13-21)9-18(29)16-3-2-4-17(23)10-16/h2-5,7,10,15H,6,8-9,11-13H2,1H3/t15-,21+/m0/s1. The van der Waals surface area contributed by atoms with E-state index in [2.05, 4.69) is 9.97 Å². The molecule has 4 rings (SSSR count). The molecule has 1 saturated heterocycles. The van der Waals surface area contributed by atoms with Crippen LogP contribution in [0.25, 0.3) is 0 Å². The Morgan fingerprint density at radius 2 is 2.07 bits per heavy atom. The van der Waals surface area contributed by atoms with E-state index in [1.165, 1.54) is 29.3 Å². The van der Waals surface area contributed by atoms with Crippen LogP contribution in [0.3, 0.4) is 0 Å². The highest BCUT2D eigenvalue weighted by atomic mass is 19.3. The second-order valence-electron chi connectivity index (χ2n) is 8.39. The minimum Gasteiger partial charge on any atom is -0.296 e. The molecule has 5 nitrogen and oxygen atoms in total. The number of hydrogen-bond donors (Lipinski definition) is 0. The van der Waals surface area contributed by atoms with E-state index in [0.29, 0.717) is 18.2 Å². The van der Waals surface area contributed by atoms with Gasteiger partial charge in [0.25, 0.3) is 0 Å². The lowest BCUT2D eigenvalue weighted by Gasteiger charge is -2.40. The van der Waals surface area contributed by atoms with Gasteiger partial charge in [-0.3, -0.25) is 14.5 Å². The van der Waals surface area contributed by atoms with Crippen molar-refractivity contribution in [3.63, 3.8) is 0 Å². The number of Topliss-reactive ketones (excluding diaryl/α,β-unsaturated/α-hetero) is 1. The van der Waals surface area contributed by atoms with Crippen molar-refractivity contribution in [1.82, 2.24) is 9.97 Å². The van der Waals surface area contributed by atoms with Crippen LogP contribution >= 0.6 is 0 Å². The number of carbonyl (C=O) groups is 2. The summed E-state index contributed by atoms with van der Waals surface area (Å²) in [4.78, 5) is 35.5. The van der Waals surface area contributed by atoms with Gasteiger partial charge in [-0.15, -0.1) is 0 Å². The van der Waals surface area contributed by atoms with E-state index in [-0.39, 0.29) is 36.5 Å². The normalized spacial score (nSPS) is 25.7. The third-order valence-corrected chi connectivity index (χ3v) is 6.04. The number of carbonyl (C=O) groups excluding carboxylic acids is 2. The molecule has 2 heterocycles. The molecule has 1 aromatic carbocycles. The Labute approximate surface area is 172 Å². The highest BCUT2D eigenvalue weighted by molar-refractivity contribution is 5.99. The number of alkyl halides is 2. The van der Waals surface area contributed by atoms with Crippen molar-refractivity contribution in [2.45, 2.75) is 45.0 Å². The summed E-state index contributed by atoms with van der Waals surface area (Å²) in [5.41, 5.74) is -1.05. The molecule has 30 heavy (non-hydrogen) atoms. The maximum absolute atomic E-state index is 14.7. The van der Waals surface area contributed by atoms with E-state index in [0.717, 1.165) is 6.07 Å². The molecule has 0 radical (unpaired) electrons. The summed E-state index contributed by atoms with van der Waals surface area (Å²) in [7, 11) is 0. The minimum atomic E-state index is -3.04. The van der Waals surface area contributed by atoms with Crippen molar-refractivity contribution in [2.24, 2.45) is 11.3 Å². The van der Waals surface area contributed by atoms with Gasteiger partial charge in [-0.1, -0.05) is 12.1 Å². The number of benzene rings is 1. The predicted molar refractivity (Wildman–Crippen MR) is 104 cm³/mol. The van der Waals surface area contributed by atoms with Gasteiger partial charge in [0.2, 0.25) is 11.8 Å². The van der Waals surface area contributed by atoms with Gasteiger partial charge in [-0.25, -0.2) is 23.1 Å². The van der Waals surface area contributed by atoms with Crippen molar-refractivity contribution >= 4 is 17.5 Å². The highest BCUT2D eigenvalue weighted by Crippen LogP contribution is 2.53. The molecule has 2 aliphatic rings. The van der Waals surface area contributed by atoms with E-state index in [1.54, 1.807) is 13.0 Å². The number of anilines is 1. The first-order valence-electron chi connectivity index (χ1n) is 9.96. The molecule has 0 unspecified atom stereocenters. The Balaban J connectivity index is 1.55.